The highest BCUT2D eigenvalue weighted by Crippen LogP contribution is 2.35. The molecule has 1 aromatic heterocycles. The minimum absolute atomic E-state index is 0.183. The minimum Gasteiger partial charge on any atom is -0.316 e. The van der Waals surface area contributed by atoms with Crippen LogP contribution in [-0.2, 0) is 6.18 Å². The van der Waals surface area contributed by atoms with Crippen molar-refractivity contribution in [1.82, 2.24) is 14.9 Å². The fourth-order valence-corrected chi connectivity index (χ4v) is 2.67. The van der Waals surface area contributed by atoms with Crippen molar-refractivity contribution in [2.24, 2.45) is 0 Å². The molecule has 2 aromatic rings. The lowest BCUT2D eigenvalue weighted by molar-refractivity contribution is -0.147. The van der Waals surface area contributed by atoms with Crippen molar-refractivity contribution in [2.45, 2.75) is 25.1 Å². The van der Waals surface area contributed by atoms with Gasteiger partial charge in [0.1, 0.15) is 0 Å². The third-order valence-electron chi connectivity index (χ3n) is 3.49. The molecule has 0 amide bonds. The topological polar surface area (TPSA) is 29.9 Å². The second-order valence-corrected chi connectivity index (χ2v) is 4.79. The quantitative estimate of drug-likeness (QED) is 0.862. The molecule has 102 valence electrons. The van der Waals surface area contributed by atoms with Gasteiger partial charge in [-0.3, -0.25) is 0 Å². The van der Waals surface area contributed by atoms with E-state index in [-0.39, 0.29) is 6.04 Å². The zero-order valence-electron chi connectivity index (χ0n) is 10.2. The van der Waals surface area contributed by atoms with E-state index in [1.54, 1.807) is 24.3 Å². The van der Waals surface area contributed by atoms with E-state index in [9.17, 15) is 13.2 Å². The Bertz CT molecular complexity index is 582. The predicted octanol–water partition coefficient (Wildman–Crippen LogP) is 2.98. The first-order chi connectivity index (χ1) is 9.07. The van der Waals surface area contributed by atoms with Gasteiger partial charge in [-0.15, -0.1) is 0 Å². The summed E-state index contributed by atoms with van der Waals surface area (Å²) in [5.41, 5.74) is 0.962. The lowest BCUT2D eigenvalue weighted by atomic mass is 10.1. The summed E-state index contributed by atoms with van der Waals surface area (Å²) in [6, 6.07) is 6.59. The average molecular weight is 269 g/mol. The molecule has 0 saturated carbocycles. The molecule has 1 aliphatic rings. The smallest absolute Gasteiger partial charge is 0.316 e. The summed E-state index contributed by atoms with van der Waals surface area (Å²) in [6.45, 7) is 1.42. The zero-order valence-corrected chi connectivity index (χ0v) is 10.2. The maximum atomic E-state index is 13.1. The Morgan fingerprint density at radius 2 is 2.05 bits per heavy atom. The molecule has 1 N–H and O–H groups in total. The number of alkyl halides is 3. The van der Waals surface area contributed by atoms with Gasteiger partial charge in [-0.05, 0) is 31.5 Å². The van der Waals surface area contributed by atoms with E-state index >= 15 is 0 Å². The minimum atomic E-state index is -4.42. The first kappa shape index (κ1) is 12.5. The first-order valence-electron chi connectivity index (χ1n) is 6.32. The Balaban J connectivity index is 2.18. The maximum absolute atomic E-state index is 13.1. The molecule has 0 spiro atoms. The molecule has 1 saturated heterocycles. The lowest BCUT2D eigenvalue weighted by Gasteiger charge is -2.26. The van der Waals surface area contributed by atoms with Crippen LogP contribution in [0.1, 0.15) is 24.7 Å². The highest BCUT2D eigenvalue weighted by Gasteiger charge is 2.39. The van der Waals surface area contributed by atoms with Gasteiger partial charge in [-0.2, -0.15) is 13.2 Å². The Labute approximate surface area is 108 Å². The fourth-order valence-electron chi connectivity index (χ4n) is 2.67. The molecule has 1 aromatic carbocycles. The maximum Gasteiger partial charge on any atom is 0.449 e. The molecule has 1 atom stereocenters. The average Bonchev–Trinajstić information content (AvgIpc) is 2.79. The second kappa shape index (κ2) is 4.52. The molecule has 3 nitrogen and oxygen atoms in total. The Hall–Kier alpha value is -1.56. The van der Waals surface area contributed by atoms with E-state index in [0.29, 0.717) is 17.6 Å². The monoisotopic (exact) mass is 269 g/mol. The van der Waals surface area contributed by atoms with Gasteiger partial charge in [-0.25, -0.2) is 4.98 Å². The molecule has 0 aliphatic carbocycles. The van der Waals surface area contributed by atoms with Crippen LogP contribution in [0.25, 0.3) is 11.0 Å². The van der Waals surface area contributed by atoms with Gasteiger partial charge in [-0.1, -0.05) is 12.1 Å². The summed E-state index contributed by atoms with van der Waals surface area (Å²) in [7, 11) is 0. The van der Waals surface area contributed by atoms with Crippen molar-refractivity contribution in [1.29, 1.82) is 0 Å². The summed E-state index contributed by atoms with van der Waals surface area (Å²) in [6.07, 6.45) is -2.79. The first-order valence-corrected chi connectivity index (χ1v) is 6.32. The van der Waals surface area contributed by atoms with E-state index in [4.69, 9.17) is 0 Å². The van der Waals surface area contributed by atoms with E-state index in [1.807, 2.05) is 0 Å². The van der Waals surface area contributed by atoms with Gasteiger partial charge in [0.05, 0.1) is 11.0 Å². The Kier molecular flexibility index (Phi) is 2.97. The van der Waals surface area contributed by atoms with Crippen LogP contribution in [0.4, 0.5) is 13.2 Å². The van der Waals surface area contributed by atoms with Crippen LogP contribution in [0.15, 0.2) is 24.3 Å². The summed E-state index contributed by atoms with van der Waals surface area (Å²) in [5.74, 6) is -0.789. The molecule has 0 bridgehead atoms. The Morgan fingerprint density at radius 3 is 2.74 bits per heavy atom. The second-order valence-electron chi connectivity index (χ2n) is 4.79. The number of halogens is 3. The van der Waals surface area contributed by atoms with E-state index < -0.39 is 12.0 Å². The number of hydrogen-bond donors (Lipinski definition) is 1. The normalized spacial score (nSPS) is 20.9. The number of imidazole rings is 1. The molecular formula is C13H14F3N3. The summed E-state index contributed by atoms with van der Waals surface area (Å²) in [4.78, 5) is 3.77. The summed E-state index contributed by atoms with van der Waals surface area (Å²) in [5, 5.41) is 3.15. The largest absolute Gasteiger partial charge is 0.449 e. The van der Waals surface area contributed by atoms with Gasteiger partial charge in [0, 0.05) is 12.6 Å². The predicted molar refractivity (Wildman–Crippen MR) is 65.9 cm³/mol. The highest BCUT2D eigenvalue weighted by atomic mass is 19.4. The summed E-state index contributed by atoms with van der Waals surface area (Å²) < 4.78 is 40.8. The number of para-hydroxylation sites is 2. The van der Waals surface area contributed by atoms with Crippen LogP contribution in [0.5, 0.6) is 0 Å². The SMILES string of the molecule is FC(F)(F)c1nc2ccccc2n1C1CCCNC1. The highest BCUT2D eigenvalue weighted by molar-refractivity contribution is 5.76. The number of rotatable bonds is 1. The van der Waals surface area contributed by atoms with Crippen LogP contribution < -0.4 is 5.32 Å². The van der Waals surface area contributed by atoms with Gasteiger partial charge < -0.3 is 9.88 Å². The molecule has 6 heteroatoms. The van der Waals surface area contributed by atoms with Gasteiger partial charge in [0.2, 0.25) is 5.82 Å². The van der Waals surface area contributed by atoms with Crippen molar-refractivity contribution >= 4 is 11.0 Å². The van der Waals surface area contributed by atoms with Gasteiger partial charge in [0.25, 0.3) is 0 Å². The van der Waals surface area contributed by atoms with Crippen molar-refractivity contribution in [2.75, 3.05) is 13.1 Å². The lowest BCUT2D eigenvalue weighted by Crippen LogP contribution is -2.33. The van der Waals surface area contributed by atoms with E-state index in [2.05, 4.69) is 10.3 Å². The third-order valence-corrected chi connectivity index (χ3v) is 3.49. The standard InChI is InChI=1S/C13H14F3N3/c14-13(15,16)12-18-10-5-1-2-6-11(10)19(12)9-4-3-7-17-8-9/h1-2,5-6,9,17H,3-4,7-8H2. The van der Waals surface area contributed by atoms with Crippen LogP contribution in [0.2, 0.25) is 0 Å². The number of piperidine rings is 1. The van der Waals surface area contributed by atoms with E-state index in [1.165, 1.54) is 4.57 Å². The molecular weight excluding hydrogens is 255 g/mol. The fraction of sp³-hybridized carbons (Fsp3) is 0.462. The van der Waals surface area contributed by atoms with E-state index in [0.717, 1.165) is 19.4 Å². The van der Waals surface area contributed by atoms with Crippen molar-refractivity contribution in [3.8, 4) is 0 Å². The summed E-state index contributed by atoms with van der Waals surface area (Å²) >= 11 is 0. The van der Waals surface area contributed by atoms with Crippen LogP contribution in [0.3, 0.4) is 0 Å². The van der Waals surface area contributed by atoms with Gasteiger partial charge in [0.15, 0.2) is 0 Å². The molecule has 19 heavy (non-hydrogen) atoms. The Morgan fingerprint density at radius 1 is 1.26 bits per heavy atom. The van der Waals surface area contributed by atoms with Crippen molar-refractivity contribution < 1.29 is 13.2 Å². The number of nitrogens with zero attached hydrogens (tertiary/aromatic N) is 2. The van der Waals surface area contributed by atoms with Crippen LogP contribution in [0, 0.1) is 0 Å². The molecule has 0 radical (unpaired) electrons. The van der Waals surface area contributed by atoms with Gasteiger partial charge >= 0.3 is 6.18 Å². The number of nitrogens with one attached hydrogen (secondary N) is 1. The van der Waals surface area contributed by atoms with Crippen LogP contribution >= 0.6 is 0 Å². The number of benzene rings is 1. The number of fused-ring (bicyclic) bond motifs is 1. The molecule has 1 fully saturated rings. The van der Waals surface area contributed by atoms with Crippen molar-refractivity contribution in [3.63, 3.8) is 0 Å². The molecule has 1 unspecified atom stereocenters. The number of aromatic nitrogens is 2. The molecule has 2 heterocycles. The van der Waals surface area contributed by atoms with Crippen LogP contribution in [-0.4, -0.2) is 22.6 Å². The third kappa shape index (κ3) is 2.20. The zero-order chi connectivity index (χ0) is 13.5. The number of hydrogen-bond acceptors (Lipinski definition) is 2. The molecule has 3 rings (SSSR count). The van der Waals surface area contributed by atoms with Crippen molar-refractivity contribution in [3.05, 3.63) is 30.1 Å². The molecule has 1 aliphatic heterocycles.